The van der Waals surface area contributed by atoms with Gasteiger partial charge in [0.2, 0.25) is 11.8 Å². The van der Waals surface area contributed by atoms with Gasteiger partial charge in [0.1, 0.15) is 17.0 Å². The van der Waals surface area contributed by atoms with Gasteiger partial charge in [0.25, 0.3) is 5.91 Å². The number of fused-ring (bicyclic) bond motifs is 3. The molecule has 172 valence electrons. The topological polar surface area (TPSA) is 96.6 Å². The van der Waals surface area contributed by atoms with Crippen LogP contribution in [0.15, 0.2) is 47.1 Å². The Hall–Kier alpha value is -3.55. The zero-order valence-corrected chi connectivity index (χ0v) is 18.9. The lowest BCUT2D eigenvalue weighted by molar-refractivity contribution is -0.134. The minimum absolute atomic E-state index is 0.132. The van der Waals surface area contributed by atoms with Crippen molar-refractivity contribution in [3.05, 3.63) is 54.1 Å². The van der Waals surface area contributed by atoms with Crippen LogP contribution in [0.2, 0.25) is 0 Å². The molecule has 0 bridgehead atoms. The summed E-state index contributed by atoms with van der Waals surface area (Å²) in [5.74, 6) is -0.152. The molecule has 33 heavy (non-hydrogen) atoms. The Morgan fingerprint density at radius 1 is 1.15 bits per heavy atom. The molecule has 5 rings (SSSR count). The van der Waals surface area contributed by atoms with Crippen LogP contribution in [-0.2, 0) is 22.7 Å². The molecule has 1 aliphatic carbocycles. The van der Waals surface area contributed by atoms with Crippen LogP contribution in [0.5, 0.6) is 0 Å². The van der Waals surface area contributed by atoms with Crippen molar-refractivity contribution in [2.24, 2.45) is 0 Å². The number of rotatable bonds is 5. The molecule has 8 heteroatoms. The standard InChI is InChI=1S/C25H28N4O4/c1-16(30)26-21-19-11-5-6-12-20(19)28-15-25(2,24(32)27-17-8-3-4-9-17)29(23(31)22(21)28)14-18-10-7-13-33-18/h5-7,10-13,17H,3-4,8-9,14-15H2,1-2H3,(H,26,30)(H,27,32). The van der Waals surface area contributed by atoms with Gasteiger partial charge in [-0.2, -0.15) is 0 Å². The second-order valence-electron chi connectivity index (χ2n) is 9.21. The molecular formula is C25H28N4O4. The molecule has 1 aliphatic heterocycles. The molecule has 3 aromatic rings. The Labute approximate surface area is 191 Å². The van der Waals surface area contributed by atoms with E-state index in [9.17, 15) is 14.4 Å². The zero-order valence-electron chi connectivity index (χ0n) is 18.9. The van der Waals surface area contributed by atoms with Crippen molar-refractivity contribution in [3.63, 3.8) is 0 Å². The summed E-state index contributed by atoms with van der Waals surface area (Å²) < 4.78 is 7.40. The molecule has 1 unspecified atom stereocenters. The molecular weight excluding hydrogens is 420 g/mol. The van der Waals surface area contributed by atoms with Gasteiger partial charge in [-0.1, -0.05) is 31.0 Å². The summed E-state index contributed by atoms with van der Waals surface area (Å²) in [4.78, 5) is 41.2. The number of nitrogens with one attached hydrogen (secondary N) is 2. The lowest BCUT2D eigenvalue weighted by Crippen LogP contribution is -2.64. The molecule has 0 saturated heterocycles. The van der Waals surface area contributed by atoms with E-state index in [0.717, 1.165) is 36.6 Å². The van der Waals surface area contributed by atoms with Gasteiger partial charge in [-0.3, -0.25) is 14.4 Å². The van der Waals surface area contributed by atoms with Gasteiger partial charge < -0.3 is 24.5 Å². The SMILES string of the molecule is CC(=O)Nc1c2n(c3ccccc13)CC(C)(C(=O)NC1CCCC1)N(Cc1ccco1)C2=O. The van der Waals surface area contributed by atoms with Crippen LogP contribution in [-0.4, -0.2) is 38.8 Å². The third kappa shape index (κ3) is 3.59. The van der Waals surface area contributed by atoms with Crippen LogP contribution in [0.1, 0.15) is 55.8 Å². The third-order valence-corrected chi connectivity index (χ3v) is 6.86. The average Bonchev–Trinajstić information content (AvgIpc) is 3.53. The maximum atomic E-state index is 14.0. The predicted molar refractivity (Wildman–Crippen MR) is 124 cm³/mol. The Bertz CT molecular complexity index is 1220. The van der Waals surface area contributed by atoms with E-state index in [2.05, 4.69) is 10.6 Å². The van der Waals surface area contributed by atoms with Crippen molar-refractivity contribution >= 4 is 34.3 Å². The molecule has 1 aromatic carbocycles. The lowest BCUT2D eigenvalue weighted by atomic mass is 9.93. The van der Waals surface area contributed by atoms with E-state index in [1.54, 1.807) is 23.3 Å². The molecule has 1 atom stereocenters. The number of carbonyl (C=O) groups is 3. The maximum Gasteiger partial charge on any atom is 0.274 e. The number of aromatic nitrogens is 1. The molecule has 2 aliphatic rings. The van der Waals surface area contributed by atoms with Crippen LogP contribution in [0.4, 0.5) is 5.69 Å². The molecule has 3 heterocycles. The first kappa shape index (κ1) is 21.3. The van der Waals surface area contributed by atoms with Crippen molar-refractivity contribution in [3.8, 4) is 0 Å². The first-order valence-corrected chi connectivity index (χ1v) is 11.4. The third-order valence-electron chi connectivity index (χ3n) is 6.86. The Morgan fingerprint density at radius 2 is 1.91 bits per heavy atom. The number of carbonyl (C=O) groups excluding carboxylic acids is 3. The number of nitrogens with zero attached hydrogens (tertiary/aromatic N) is 2. The summed E-state index contributed by atoms with van der Waals surface area (Å²) in [5, 5.41) is 6.81. The van der Waals surface area contributed by atoms with Crippen molar-refractivity contribution < 1.29 is 18.8 Å². The van der Waals surface area contributed by atoms with Crippen molar-refractivity contribution in [1.82, 2.24) is 14.8 Å². The maximum absolute atomic E-state index is 14.0. The van der Waals surface area contributed by atoms with Crippen molar-refractivity contribution in [2.75, 3.05) is 5.32 Å². The first-order valence-electron chi connectivity index (χ1n) is 11.4. The summed E-state index contributed by atoms with van der Waals surface area (Å²) in [6, 6.07) is 11.2. The lowest BCUT2D eigenvalue weighted by Gasteiger charge is -2.44. The Kier molecular flexibility index (Phi) is 5.23. The largest absolute Gasteiger partial charge is 0.467 e. The summed E-state index contributed by atoms with van der Waals surface area (Å²) >= 11 is 0. The molecule has 2 N–H and O–H groups in total. The van der Waals surface area contributed by atoms with Crippen LogP contribution >= 0.6 is 0 Å². The van der Waals surface area contributed by atoms with Crippen LogP contribution in [0.3, 0.4) is 0 Å². The van der Waals surface area contributed by atoms with Gasteiger partial charge in [-0.05, 0) is 38.0 Å². The predicted octanol–water partition coefficient (Wildman–Crippen LogP) is 3.67. The fourth-order valence-electron chi connectivity index (χ4n) is 5.15. The summed E-state index contributed by atoms with van der Waals surface area (Å²) in [7, 11) is 0. The van der Waals surface area contributed by atoms with Crippen molar-refractivity contribution in [2.45, 2.75) is 64.2 Å². The van der Waals surface area contributed by atoms with E-state index in [-0.39, 0.29) is 36.9 Å². The number of amides is 3. The number of hydrogen-bond acceptors (Lipinski definition) is 4. The number of para-hydroxylation sites is 1. The first-order chi connectivity index (χ1) is 15.9. The second-order valence-corrected chi connectivity index (χ2v) is 9.21. The fraction of sp³-hybridized carbons (Fsp3) is 0.400. The van der Waals surface area contributed by atoms with Gasteiger partial charge in [0.05, 0.1) is 30.6 Å². The summed E-state index contributed by atoms with van der Waals surface area (Å²) in [5.41, 5.74) is 0.534. The van der Waals surface area contributed by atoms with Gasteiger partial charge in [0.15, 0.2) is 0 Å². The van der Waals surface area contributed by atoms with E-state index in [0.29, 0.717) is 17.1 Å². The molecule has 0 spiro atoms. The van der Waals surface area contributed by atoms with E-state index in [4.69, 9.17) is 4.42 Å². The monoisotopic (exact) mass is 448 g/mol. The minimum Gasteiger partial charge on any atom is -0.467 e. The van der Waals surface area contributed by atoms with E-state index < -0.39 is 5.54 Å². The number of hydrogen-bond donors (Lipinski definition) is 2. The molecule has 1 fully saturated rings. The highest BCUT2D eigenvalue weighted by Crippen LogP contribution is 2.39. The fourth-order valence-corrected chi connectivity index (χ4v) is 5.15. The molecule has 1 saturated carbocycles. The van der Waals surface area contributed by atoms with E-state index in [1.165, 1.54) is 6.92 Å². The average molecular weight is 449 g/mol. The molecule has 8 nitrogen and oxygen atoms in total. The molecule has 2 aromatic heterocycles. The second kappa shape index (κ2) is 8.10. The minimum atomic E-state index is -1.13. The summed E-state index contributed by atoms with van der Waals surface area (Å²) in [6.45, 7) is 3.66. The highest BCUT2D eigenvalue weighted by molar-refractivity contribution is 6.14. The van der Waals surface area contributed by atoms with Gasteiger partial charge in [0, 0.05) is 18.4 Å². The molecule has 0 radical (unpaired) electrons. The quantitative estimate of drug-likeness (QED) is 0.623. The Balaban J connectivity index is 1.64. The highest BCUT2D eigenvalue weighted by Gasteiger charge is 2.49. The van der Waals surface area contributed by atoms with E-state index in [1.807, 2.05) is 35.8 Å². The van der Waals surface area contributed by atoms with E-state index >= 15 is 0 Å². The van der Waals surface area contributed by atoms with Crippen LogP contribution < -0.4 is 10.6 Å². The molecule has 3 amide bonds. The Morgan fingerprint density at radius 3 is 2.61 bits per heavy atom. The van der Waals surface area contributed by atoms with Gasteiger partial charge in [-0.15, -0.1) is 0 Å². The zero-order chi connectivity index (χ0) is 23.2. The summed E-state index contributed by atoms with van der Waals surface area (Å²) in [6.07, 6.45) is 5.67. The highest BCUT2D eigenvalue weighted by atomic mass is 16.3. The van der Waals surface area contributed by atoms with Crippen LogP contribution in [0.25, 0.3) is 10.9 Å². The van der Waals surface area contributed by atoms with Crippen LogP contribution in [0, 0.1) is 0 Å². The van der Waals surface area contributed by atoms with Gasteiger partial charge >= 0.3 is 0 Å². The number of furan rings is 1. The number of anilines is 1. The number of benzene rings is 1. The van der Waals surface area contributed by atoms with Gasteiger partial charge in [-0.25, -0.2) is 0 Å². The normalized spacial score (nSPS) is 20.8. The van der Waals surface area contributed by atoms with Crippen molar-refractivity contribution in [1.29, 1.82) is 0 Å². The smallest absolute Gasteiger partial charge is 0.274 e.